The Morgan fingerprint density at radius 3 is 3.06 bits per heavy atom. The minimum absolute atomic E-state index is 0.215. The fourth-order valence-electron chi connectivity index (χ4n) is 1.27. The van der Waals surface area contributed by atoms with E-state index in [9.17, 15) is 5.11 Å². The standard InChI is InChI=1S/C10H12BrN3O2S2/c11-9-2-1-8(17-9)4-12-3-7(15)6-16-10-5-13-18-14-10/h1-2,5,7,12,15H,3-4,6H2. The summed E-state index contributed by atoms with van der Waals surface area (Å²) >= 11 is 6.17. The molecule has 18 heavy (non-hydrogen) atoms. The van der Waals surface area contributed by atoms with Gasteiger partial charge in [-0.2, -0.15) is 4.37 Å². The summed E-state index contributed by atoms with van der Waals surface area (Å²) in [6.45, 7) is 1.44. The number of ether oxygens (including phenoxy) is 1. The number of hydrogen-bond acceptors (Lipinski definition) is 7. The lowest BCUT2D eigenvalue weighted by atomic mass is 10.3. The second kappa shape index (κ2) is 7.15. The number of rotatable bonds is 7. The van der Waals surface area contributed by atoms with Crippen molar-refractivity contribution >= 4 is 39.0 Å². The Labute approximate surface area is 121 Å². The molecular formula is C10H12BrN3O2S2. The maximum Gasteiger partial charge on any atom is 0.245 e. The molecule has 2 N–H and O–H groups in total. The molecule has 1 atom stereocenters. The highest BCUT2D eigenvalue weighted by molar-refractivity contribution is 9.11. The van der Waals surface area contributed by atoms with Crippen LogP contribution in [-0.2, 0) is 6.54 Å². The molecule has 2 rings (SSSR count). The number of nitrogens with zero attached hydrogens (tertiary/aromatic N) is 2. The topological polar surface area (TPSA) is 67.3 Å². The number of aromatic nitrogens is 2. The van der Waals surface area contributed by atoms with Gasteiger partial charge in [0.2, 0.25) is 5.88 Å². The molecule has 0 fully saturated rings. The molecule has 8 heteroatoms. The van der Waals surface area contributed by atoms with Gasteiger partial charge in [0.15, 0.2) is 0 Å². The van der Waals surface area contributed by atoms with Crippen LogP contribution in [0.3, 0.4) is 0 Å². The molecule has 0 saturated carbocycles. The summed E-state index contributed by atoms with van der Waals surface area (Å²) in [5, 5.41) is 12.9. The van der Waals surface area contributed by atoms with E-state index in [0.717, 1.165) is 22.1 Å². The van der Waals surface area contributed by atoms with E-state index in [1.54, 1.807) is 11.3 Å². The van der Waals surface area contributed by atoms with Gasteiger partial charge in [0.05, 0.1) is 15.5 Å². The van der Waals surface area contributed by atoms with E-state index in [4.69, 9.17) is 4.74 Å². The Morgan fingerprint density at radius 2 is 2.39 bits per heavy atom. The van der Waals surface area contributed by atoms with Gasteiger partial charge in [-0.25, -0.2) is 0 Å². The first-order chi connectivity index (χ1) is 8.74. The first-order valence-corrected chi connectivity index (χ1v) is 7.61. The van der Waals surface area contributed by atoms with E-state index < -0.39 is 6.10 Å². The summed E-state index contributed by atoms with van der Waals surface area (Å²) in [5.74, 6) is 0.459. The van der Waals surface area contributed by atoms with Crippen molar-refractivity contribution in [1.29, 1.82) is 0 Å². The Bertz CT molecular complexity index is 463. The van der Waals surface area contributed by atoms with E-state index in [1.165, 1.54) is 11.1 Å². The Balaban J connectivity index is 1.61. The molecule has 2 aromatic rings. The van der Waals surface area contributed by atoms with E-state index in [1.807, 2.05) is 12.1 Å². The third-order valence-electron chi connectivity index (χ3n) is 2.07. The van der Waals surface area contributed by atoms with Crippen LogP contribution in [-0.4, -0.2) is 33.1 Å². The van der Waals surface area contributed by atoms with Crippen LogP contribution in [0.25, 0.3) is 0 Å². The van der Waals surface area contributed by atoms with Crippen LogP contribution in [0.1, 0.15) is 4.88 Å². The van der Waals surface area contributed by atoms with Gasteiger partial charge in [0, 0.05) is 18.0 Å². The van der Waals surface area contributed by atoms with Crippen LogP contribution in [0.15, 0.2) is 22.1 Å². The summed E-state index contributed by atoms with van der Waals surface area (Å²) in [6.07, 6.45) is 0.976. The summed E-state index contributed by atoms with van der Waals surface area (Å²) < 4.78 is 14.1. The van der Waals surface area contributed by atoms with Gasteiger partial charge in [-0.15, -0.1) is 15.7 Å². The SMILES string of the molecule is OC(CNCc1ccc(Br)s1)COc1cnsn1. The van der Waals surface area contributed by atoms with Gasteiger partial charge in [-0.1, -0.05) is 0 Å². The quantitative estimate of drug-likeness (QED) is 0.798. The molecule has 0 aromatic carbocycles. The van der Waals surface area contributed by atoms with Crippen molar-refractivity contribution in [2.75, 3.05) is 13.2 Å². The van der Waals surface area contributed by atoms with E-state index in [-0.39, 0.29) is 6.61 Å². The fourth-order valence-corrected chi connectivity index (χ4v) is 3.09. The van der Waals surface area contributed by atoms with Gasteiger partial charge >= 0.3 is 0 Å². The van der Waals surface area contributed by atoms with Crippen molar-refractivity contribution in [3.8, 4) is 5.88 Å². The predicted octanol–water partition coefficient (Wildman–Crippen LogP) is 1.89. The Morgan fingerprint density at radius 1 is 1.50 bits per heavy atom. The van der Waals surface area contributed by atoms with Gasteiger partial charge in [0.1, 0.15) is 18.9 Å². The highest BCUT2D eigenvalue weighted by Gasteiger charge is 2.06. The smallest absolute Gasteiger partial charge is 0.245 e. The molecule has 0 aliphatic heterocycles. The first kappa shape index (κ1) is 13.9. The van der Waals surface area contributed by atoms with Crippen LogP contribution < -0.4 is 10.1 Å². The summed E-state index contributed by atoms with van der Waals surface area (Å²) in [6, 6.07) is 4.06. The number of nitrogens with one attached hydrogen (secondary N) is 1. The number of thiophene rings is 1. The zero-order chi connectivity index (χ0) is 12.8. The first-order valence-electron chi connectivity index (χ1n) is 5.27. The highest BCUT2D eigenvalue weighted by atomic mass is 79.9. The van der Waals surface area contributed by atoms with Crippen molar-refractivity contribution < 1.29 is 9.84 Å². The minimum atomic E-state index is -0.560. The van der Waals surface area contributed by atoms with Crippen LogP contribution in [0.4, 0.5) is 0 Å². The summed E-state index contributed by atoms with van der Waals surface area (Å²) in [4.78, 5) is 1.22. The molecule has 0 amide bonds. The molecule has 2 heterocycles. The Kier molecular flexibility index (Phi) is 5.51. The summed E-state index contributed by atoms with van der Waals surface area (Å²) in [7, 11) is 0. The van der Waals surface area contributed by atoms with Crippen molar-refractivity contribution in [3.05, 3.63) is 27.0 Å². The van der Waals surface area contributed by atoms with Gasteiger partial charge in [0.25, 0.3) is 0 Å². The monoisotopic (exact) mass is 349 g/mol. The molecule has 0 saturated heterocycles. The van der Waals surface area contributed by atoms with E-state index in [2.05, 4.69) is 30.0 Å². The third kappa shape index (κ3) is 4.62. The van der Waals surface area contributed by atoms with Gasteiger partial charge < -0.3 is 15.2 Å². The number of aliphatic hydroxyl groups is 1. The zero-order valence-electron chi connectivity index (χ0n) is 9.38. The lowest BCUT2D eigenvalue weighted by Gasteiger charge is -2.11. The second-order valence-electron chi connectivity index (χ2n) is 3.55. The Hall–Kier alpha value is -0.540. The predicted molar refractivity (Wildman–Crippen MR) is 75.1 cm³/mol. The van der Waals surface area contributed by atoms with Crippen LogP contribution in [0.2, 0.25) is 0 Å². The summed E-state index contributed by atoms with van der Waals surface area (Å²) in [5.41, 5.74) is 0. The molecule has 1 unspecified atom stereocenters. The van der Waals surface area contributed by atoms with Crippen molar-refractivity contribution in [2.45, 2.75) is 12.6 Å². The van der Waals surface area contributed by atoms with Crippen molar-refractivity contribution in [1.82, 2.24) is 14.1 Å². The van der Waals surface area contributed by atoms with Crippen LogP contribution in [0, 0.1) is 0 Å². The molecule has 2 aromatic heterocycles. The lowest BCUT2D eigenvalue weighted by Crippen LogP contribution is -2.31. The van der Waals surface area contributed by atoms with Gasteiger partial charge in [-0.3, -0.25) is 0 Å². The normalized spacial score (nSPS) is 12.6. The molecule has 0 radical (unpaired) electrons. The largest absolute Gasteiger partial charge is 0.473 e. The van der Waals surface area contributed by atoms with Crippen LogP contribution >= 0.6 is 39.0 Å². The zero-order valence-corrected chi connectivity index (χ0v) is 12.6. The number of aliphatic hydroxyl groups excluding tert-OH is 1. The number of hydrogen-bond donors (Lipinski definition) is 2. The average molecular weight is 350 g/mol. The molecule has 0 spiro atoms. The third-order valence-corrected chi connectivity index (χ3v) is 4.16. The molecule has 5 nitrogen and oxygen atoms in total. The molecule has 98 valence electrons. The van der Waals surface area contributed by atoms with Crippen LogP contribution in [0.5, 0.6) is 5.88 Å². The van der Waals surface area contributed by atoms with E-state index >= 15 is 0 Å². The highest BCUT2D eigenvalue weighted by Crippen LogP contribution is 2.21. The molecule has 0 aliphatic rings. The maximum absolute atomic E-state index is 9.69. The molecule has 0 bridgehead atoms. The second-order valence-corrected chi connectivity index (χ2v) is 6.65. The molecular weight excluding hydrogens is 338 g/mol. The maximum atomic E-state index is 9.69. The van der Waals surface area contributed by atoms with Crippen molar-refractivity contribution in [2.24, 2.45) is 0 Å². The number of halogens is 1. The van der Waals surface area contributed by atoms with Gasteiger partial charge in [-0.05, 0) is 28.1 Å². The fraction of sp³-hybridized carbons (Fsp3) is 0.400. The molecule has 0 aliphatic carbocycles. The van der Waals surface area contributed by atoms with Crippen molar-refractivity contribution in [3.63, 3.8) is 0 Å². The minimum Gasteiger partial charge on any atom is -0.473 e. The average Bonchev–Trinajstić information content (AvgIpc) is 2.98. The van der Waals surface area contributed by atoms with E-state index in [0.29, 0.717) is 12.4 Å². The lowest BCUT2D eigenvalue weighted by molar-refractivity contribution is 0.104.